The molecular weight excluding hydrogens is 479 g/mol. The van der Waals surface area contributed by atoms with Crippen LogP contribution in [0.4, 0.5) is 13.2 Å². The highest BCUT2D eigenvalue weighted by atomic mass is 19.4. The summed E-state index contributed by atoms with van der Waals surface area (Å²) in [6.45, 7) is 5.34. The van der Waals surface area contributed by atoms with Gasteiger partial charge in [0.2, 0.25) is 17.7 Å². The summed E-state index contributed by atoms with van der Waals surface area (Å²) in [5, 5.41) is 14.5. The molecule has 0 aromatic heterocycles. The highest BCUT2D eigenvalue weighted by Gasteiger charge is 2.84. The van der Waals surface area contributed by atoms with Gasteiger partial charge in [-0.3, -0.25) is 19.2 Å². The van der Waals surface area contributed by atoms with E-state index in [0.29, 0.717) is 19.4 Å². The maximum atomic E-state index is 13.4. The molecule has 2 saturated carbocycles. The molecule has 198 valence electrons. The van der Waals surface area contributed by atoms with Crippen molar-refractivity contribution in [1.29, 1.82) is 5.26 Å². The Bertz CT molecular complexity index is 1020. The third-order valence-corrected chi connectivity index (χ3v) is 8.62. The zero-order valence-electron chi connectivity index (χ0n) is 20.5. The molecule has 4 N–H and O–H groups in total. The molecule has 0 aromatic carbocycles. The van der Waals surface area contributed by atoms with Crippen molar-refractivity contribution < 1.29 is 32.3 Å². The number of rotatable bonds is 6. The number of likely N-dealkylation sites (tertiary alicyclic amines) is 1. The molecule has 2 heterocycles. The fourth-order valence-corrected chi connectivity index (χ4v) is 6.80. The van der Waals surface area contributed by atoms with Gasteiger partial charge in [0, 0.05) is 19.0 Å². The molecule has 4 fully saturated rings. The molecule has 12 heteroatoms. The van der Waals surface area contributed by atoms with E-state index in [0.717, 1.165) is 12.8 Å². The number of nitriles is 1. The van der Waals surface area contributed by atoms with E-state index in [4.69, 9.17) is 5.73 Å². The first-order chi connectivity index (χ1) is 16.6. The number of nitrogens with zero attached hydrogens (tertiary/aromatic N) is 2. The van der Waals surface area contributed by atoms with E-state index < -0.39 is 41.4 Å². The molecule has 9 nitrogen and oxygen atoms in total. The monoisotopic (exact) mass is 511 g/mol. The number of nitrogens with one attached hydrogen (secondary N) is 2. The number of primary amides is 1. The van der Waals surface area contributed by atoms with Crippen molar-refractivity contribution in [2.45, 2.75) is 64.7 Å². The van der Waals surface area contributed by atoms with Crippen LogP contribution >= 0.6 is 0 Å². The van der Waals surface area contributed by atoms with Gasteiger partial charge in [-0.05, 0) is 54.3 Å². The molecule has 5 unspecified atom stereocenters. The van der Waals surface area contributed by atoms with Crippen molar-refractivity contribution in [2.75, 3.05) is 13.1 Å². The summed E-state index contributed by atoms with van der Waals surface area (Å²) in [4.78, 5) is 50.9. The van der Waals surface area contributed by atoms with Crippen molar-refractivity contribution in [3.8, 4) is 6.07 Å². The predicted octanol–water partition coefficient (Wildman–Crippen LogP) is 1.08. The Labute approximate surface area is 207 Å². The summed E-state index contributed by atoms with van der Waals surface area (Å²) >= 11 is 0. The summed E-state index contributed by atoms with van der Waals surface area (Å²) < 4.78 is 38.7. The van der Waals surface area contributed by atoms with E-state index in [2.05, 4.69) is 11.4 Å². The number of hydrogen-bond donors (Lipinski definition) is 3. The second-order valence-corrected chi connectivity index (χ2v) is 11.8. The molecule has 36 heavy (non-hydrogen) atoms. The highest BCUT2D eigenvalue weighted by Crippen LogP contribution is 2.83. The van der Waals surface area contributed by atoms with Gasteiger partial charge in [0.05, 0.1) is 12.0 Å². The van der Waals surface area contributed by atoms with Crippen LogP contribution in [0.5, 0.6) is 0 Å². The van der Waals surface area contributed by atoms with Crippen LogP contribution in [-0.2, 0) is 19.2 Å². The predicted molar refractivity (Wildman–Crippen MR) is 119 cm³/mol. The Morgan fingerprint density at radius 2 is 1.97 bits per heavy atom. The van der Waals surface area contributed by atoms with Gasteiger partial charge in [0.1, 0.15) is 12.1 Å². The lowest BCUT2D eigenvalue weighted by Crippen LogP contribution is -2.60. The Morgan fingerprint density at radius 1 is 1.31 bits per heavy atom. The fraction of sp³-hybridized carbons (Fsp3) is 0.792. The van der Waals surface area contributed by atoms with Crippen LogP contribution in [-0.4, -0.2) is 59.9 Å². The van der Waals surface area contributed by atoms with Crippen LogP contribution in [0.15, 0.2) is 0 Å². The molecule has 2 aliphatic carbocycles. The number of alkyl halides is 3. The Hall–Kier alpha value is -2.84. The van der Waals surface area contributed by atoms with Crippen LogP contribution in [0.3, 0.4) is 0 Å². The molecule has 8 atom stereocenters. The molecular formula is C24H32F3N5O4. The second-order valence-electron chi connectivity index (χ2n) is 11.8. The molecule has 4 amide bonds. The lowest BCUT2D eigenvalue weighted by atomic mass is 9.84. The van der Waals surface area contributed by atoms with Crippen molar-refractivity contribution in [2.24, 2.45) is 46.2 Å². The largest absolute Gasteiger partial charge is 0.471 e. The average Bonchev–Trinajstić information content (AvgIpc) is 3.58. The van der Waals surface area contributed by atoms with E-state index in [-0.39, 0.29) is 47.5 Å². The SMILES string of the molecule is CC(C)(C)[C@H](NC(=O)C(F)(F)F)C(=O)N1CC2C(C1C(N)=O)C21CC1[C@@H](C#N)C[C@@H]1CCCNC1=O. The first-order valence-electron chi connectivity index (χ1n) is 12.3. The van der Waals surface area contributed by atoms with Crippen LogP contribution < -0.4 is 16.4 Å². The molecule has 0 aromatic rings. The molecule has 0 radical (unpaired) electrons. The quantitative estimate of drug-likeness (QED) is 0.489. The minimum absolute atomic E-state index is 0.0188. The summed E-state index contributed by atoms with van der Waals surface area (Å²) in [6.07, 6.45) is -2.45. The van der Waals surface area contributed by atoms with Gasteiger partial charge in [-0.1, -0.05) is 20.8 Å². The minimum atomic E-state index is -5.16. The van der Waals surface area contributed by atoms with Crippen LogP contribution in [0.25, 0.3) is 0 Å². The molecule has 2 saturated heterocycles. The zero-order valence-corrected chi connectivity index (χ0v) is 20.5. The number of carbonyl (C=O) groups excluding carboxylic acids is 4. The molecule has 4 aliphatic rings. The minimum Gasteiger partial charge on any atom is -0.368 e. The van der Waals surface area contributed by atoms with E-state index in [1.807, 2.05) is 0 Å². The summed E-state index contributed by atoms with van der Waals surface area (Å²) in [7, 11) is 0. The number of carbonyl (C=O) groups is 4. The second kappa shape index (κ2) is 8.63. The van der Waals surface area contributed by atoms with E-state index in [1.54, 1.807) is 5.32 Å². The lowest BCUT2D eigenvalue weighted by Gasteiger charge is -2.36. The highest BCUT2D eigenvalue weighted by molar-refractivity contribution is 5.94. The first kappa shape index (κ1) is 26.2. The lowest BCUT2D eigenvalue weighted by molar-refractivity contribution is -0.176. The normalized spacial score (nSPS) is 34.8. The van der Waals surface area contributed by atoms with Gasteiger partial charge >= 0.3 is 12.1 Å². The molecule has 2 aliphatic heterocycles. The maximum absolute atomic E-state index is 13.4. The van der Waals surface area contributed by atoms with Crippen LogP contribution in [0.1, 0.15) is 46.5 Å². The van der Waals surface area contributed by atoms with Gasteiger partial charge in [0.25, 0.3) is 0 Å². The fourth-order valence-electron chi connectivity index (χ4n) is 6.80. The number of piperidine rings is 2. The number of halogens is 3. The smallest absolute Gasteiger partial charge is 0.368 e. The van der Waals surface area contributed by atoms with Crippen LogP contribution in [0.2, 0.25) is 0 Å². The van der Waals surface area contributed by atoms with Crippen LogP contribution in [0, 0.1) is 51.8 Å². The molecule has 1 spiro atoms. The Balaban J connectivity index is 1.48. The van der Waals surface area contributed by atoms with E-state index in [9.17, 15) is 37.6 Å². The van der Waals surface area contributed by atoms with Crippen molar-refractivity contribution in [3.05, 3.63) is 0 Å². The Morgan fingerprint density at radius 3 is 2.50 bits per heavy atom. The Kier molecular flexibility index (Phi) is 6.29. The number of amides is 4. The average molecular weight is 512 g/mol. The standard InChI is InChI=1S/C24H32F3N5O4/c1-22(2,3)17(31-21(36)24(25,26)27)20(35)32-10-14-15(16(32)18(29)33)23(14)8-13(23)12(9-28)7-11-5-4-6-30-19(11)34/h11-17H,4-8,10H2,1-3H3,(H2,29,33)(H,30,34)(H,31,36)/t11-,12+,13?,14?,15?,16?,17+,23?/m0/s1. The third kappa shape index (κ3) is 4.30. The maximum Gasteiger partial charge on any atom is 0.471 e. The van der Waals surface area contributed by atoms with Gasteiger partial charge < -0.3 is 21.3 Å². The van der Waals surface area contributed by atoms with E-state index in [1.165, 1.54) is 25.7 Å². The summed E-state index contributed by atoms with van der Waals surface area (Å²) in [6, 6.07) is -0.184. The van der Waals surface area contributed by atoms with Crippen molar-refractivity contribution in [1.82, 2.24) is 15.5 Å². The topological polar surface area (TPSA) is 145 Å². The van der Waals surface area contributed by atoms with Crippen molar-refractivity contribution >= 4 is 23.6 Å². The first-order valence-corrected chi connectivity index (χ1v) is 12.3. The van der Waals surface area contributed by atoms with Gasteiger partial charge in [-0.2, -0.15) is 18.4 Å². The van der Waals surface area contributed by atoms with Gasteiger partial charge in [-0.25, -0.2) is 0 Å². The third-order valence-electron chi connectivity index (χ3n) is 8.62. The van der Waals surface area contributed by atoms with Crippen molar-refractivity contribution in [3.63, 3.8) is 0 Å². The van der Waals surface area contributed by atoms with E-state index >= 15 is 0 Å². The van der Waals surface area contributed by atoms with Gasteiger partial charge in [0.15, 0.2) is 0 Å². The zero-order chi connectivity index (χ0) is 26.8. The molecule has 0 bridgehead atoms. The number of nitrogens with two attached hydrogens (primary N) is 1. The number of hydrogen-bond acceptors (Lipinski definition) is 5. The van der Waals surface area contributed by atoms with Gasteiger partial charge in [-0.15, -0.1) is 0 Å². The number of fused-ring (bicyclic) bond motifs is 3. The molecule has 4 rings (SSSR count). The summed E-state index contributed by atoms with van der Waals surface area (Å²) in [5.74, 6) is -4.80. The summed E-state index contributed by atoms with van der Waals surface area (Å²) in [5.41, 5.74) is 4.31.